The molecule has 0 bridgehead atoms. The summed E-state index contributed by atoms with van der Waals surface area (Å²) in [5, 5.41) is 3.21. The Bertz CT molecular complexity index is 701. The zero-order chi connectivity index (χ0) is 16.8. The van der Waals surface area contributed by atoms with Crippen LogP contribution in [0.4, 0.5) is 0 Å². The molecule has 0 heterocycles. The number of carbonyl (C=O) groups is 1. The monoisotopic (exact) mass is 333 g/mol. The molecular formula is C18H20ClNO3. The van der Waals surface area contributed by atoms with Crippen LogP contribution >= 0.6 is 11.6 Å². The molecule has 2 aromatic rings. The van der Waals surface area contributed by atoms with Crippen LogP contribution in [-0.2, 0) is 0 Å². The number of halogens is 1. The average Bonchev–Trinajstić information content (AvgIpc) is 2.54. The molecule has 2 aromatic carbocycles. The molecule has 2 rings (SSSR count). The van der Waals surface area contributed by atoms with Crippen LogP contribution in [0, 0.1) is 13.8 Å². The number of hydrogen-bond acceptors (Lipinski definition) is 3. The van der Waals surface area contributed by atoms with Crippen LogP contribution in [-0.4, -0.2) is 26.2 Å². The topological polar surface area (TPSA) is 47.6 Å². The molecule has 4 nitrogen and oxygen atoms in total. The number of hydrogen-bond donors (Lipinski definition) is 1. The Hall–Kier alpha value is -2.20. The van der Waals surface area contributed by atoms with Crippen molar-refractivity contribution in [1.29, 1.82) is 0 Å². The fourth-order valence-corrected chi connectivity index (χ4v) is 2.36. The minimum Gasteiger partial charge on any atom is -0.495 e. The van der Waals surface area contributed by atoms with E-state index >= 15 is 0 Å². The van der Waals surface area contributed by atoms with Crippen LogP contribution in [0.15, 0.2) is 36.4 Å². The van der Waals surface area contributed by atoms with E-state index in [0.29, 0.717) is 29.5 Å². The van der Waals surface area contributed by atoms with Crippen LogP contribution in [0.25, 0.3) is 0 Å². The molecule has 0 fully saturated rings. The van der Waals surface area contributed by atoms with E-state index in [1.54, 1.807) is 18.2 Å². The second-order valence-corrected chi connectivity index (χ2v) is 5.63. The lowest BCUT2D eigenvalue weighted by molar-refractivity contribution is 0.0947. The molecule has 0 unspecified atom stereocenters. The van der Waals surface area contributed by atoms with Crippen molar-refractivity contribution in [2.75, 3.05) is 20.3 Å². The van der Waals surface area contributed by atoms with Gasteiger partial charge in [0.05, 0.1) is 18.7 Å². The number of amides is 1. The quantitative estimate of drug-likeness (QED) is 0.818. The maximum atomic E-state index is 12.1. The molecular weight excluding hydrogens is 314 g/mol. The highest BCUT2D eigenvalue weighted by Crippen LogP contribution is 2.24. The van der Waals surface area contributed by atoms with Gasteiger partial charge in [0.1, 0.15) is 18.1 Å². The normalized spacial score (nSPS) is 10.3. The van der Waals surface area contributed by atoms with Gasteiger partial charge in [-0.1, -0.05) is 23.7 Å². The Balaban J connectivity index is 1.85. The molecule has 1 amide bonds. The molecule has 23 heavy (non-hydrogen) atoms. The third-order valence-electron chi connectivity index (χ3n) is 3.40. The van der Waals surface area contributed by atoms with E-state index in [2.05, 4.69) is 5.32 Å². The molecule has 0 aliphatic carbocycles. The predicted molar refractivity (Wildman–Crippen MR) is 91.7 cm³/mol. The molecule has 0 aliphatic rings. The number of methoxy groups -OCH3 is 1. The van der Waals surface area contributed by atoms with Crippen molar-refractivity contribution < 1.29 is 14.3 Å². The van der Waals surface area contributed by atoms with Crippen LogP contribution in [0.3, 0.4) is 0 Å². The van der Waals surface area contributed by atoms with Gasteiger partial charge in [-0.3, -0.25) is 4.79 Å². The Morgan fingerprint density at radius 1 is 1.13 bits per heavy atom. The number of nitrogens with one attached hydrogen (secondary N) is 1. The van der Waals surface area contributed by atoms with Gasteiger partial charge in [0.2, 0.25) is 0 Å². The van der Waals surface area contributed by atoms with Crippen molar-refractivity contribution in [1.82, 2.24) is 5.32 Å². The maximum absolute atomic E-state index is 12.1. The zero-order valence-corrected chi connectivity index (χ0v) is 14.2. The van der Waals surface area contributed by atoms with Crippen molar-refractivity contribution in [3.63, 3.8) is 0 Å². The minimum atomic E-state index is -0.195. The van der Waals surface area contributed by atoms with E-state index in [0.717, 1.165) is 16.9 Å². The van der Waals surface area contributed by atoms with Gasteiger partial charge >= 0.3 is 0 Å². The second kappa shape index (κ2) is 7.88. The first kappa shape index (κ1) is 17.2. The van der Waals surface area contributed by atoms with Crippen LogP contribution in [0.1, 0.15) is 21.5 Å². The summed E-state index contributed by atoms with van der Waals surface area (Å²) in [4.78, 5) is 12.1. The van der Waals surface area contributed by atoms with Crippen LogP contribution in [0.5, 0.6) is 11.5 Å². The summed E-state index contributed by atoms with van der Waals surface area (Å²) >= 11 is 6.02. The van der Waals surface area contributed by atoms with E-state index in [4.69, 9.17) is 21.1 Å². The molecule has 1 N–H and O–H groups in total. The fraction of sp³-hybridized carbons (Fsp3) is 0.278. The van der Waals surface area contributed by atoms with Gasteiger partial charge < -0.3 is 14.8 Å². The summed E-state index contributed by atoms with van der Waals surface area (Å²) in [6.45, 7) is 4.82. The molecule has 0 saturated heterocycles. The van der Waals surface area contributed by atoms with E-state index in [9.17, 15) is 4.79 Å². The summed E-state index contributed by atoms with van der Waals surface area (Å²) in [5.74, 6) is 1.19. The van der Waals surface area contributed by atoms with Gasteiger partial charge in [-0.2, -0.15) is 0 Å². The fourth-order valence-electron chi connectivity index (χ4n) is 2.10. The molecule has 122 valence electrons. The molecule has 0 atom stereocenters. The lowest BCUT2D eigenvalue weighted by Crippen LogP contribution is -2.28. The molecule has 0 aliphatic heterocycles. The summed E-state index contributed by atoms with van der Waals surface area (Å²) in [6.07, 6.45) is 0. The van der Waals surface area contributed by atoms with Gasteiger partial charge in [-0.25, -0.2) is 0 Å². The van der Waals surface area contributed by atoms with Crippen molar-refractivity contribution in [3.8, 4) is 11.5 Å². The standard InChI is InChI=1S/C18H20ClNO3/c1-12-4-5-13(2)17(10-12)23-9-8-20-18(21)14-6-7-16(22-3)15(19)11-14/h4-7,10-11H,8-9H2,1-3H3,(H,20,21). The lowest BCUT2D eigenvalue weighted by atomic mass is 10.1. The molecule has 0 spiro atoms. The highest BCUT2D eigenvalue weighted by Gasteiger charge is 2.08. The van der Waals surface area contributed by atoms with Gasteiger partial charge in [0, 0.05) is 5.56 Å². The third kappa shape index (κ3) is 4.63. The molecule has 0 radical (unpaired) electrons. The Kier molecular flexibility index (Phi) is 5.88. The summed E-state index contributed by atoms with van der Waals surface area (Å²) < 4.78 is 10.8. The van der Waals surface area contributed by atoms with Crippen molar-refractivity contribution in [2.45, 2.75) is 13.8 Å². The zero-order valence-electron chi connectivity index (χ0n) is 13.5. The molecule has 5 heteroatoms. The van der Waals surface area contributed by atoms with E-state index in [1.165, 1.54) is 7.11 Å². The SMILES string of the molecule is COc1ccc(C(=O)NCCOc2cc(C)ccc2C)cc1Cl. The average molecular weight is 334 g/mol. The number of rotatable bonds is 6. The Labute approximate surface area is 141 Å². The second-order valence-electron chi connectivity index (χ2n) is 5.22. The largest absolute Gasteiger partial charge is 0.495 e. The van der Waals surface area contributed by atoms with Gasteiger partial charge in [-0.05, 0) is 49.2 Å². The summed E-state index contributed by atoms with van der Waals surface area (Å²) in [5.41, 5.74) is 2.70. The number of carbonyl (C=O) groups excluding carboxylic acids is 1. The van der Waals surface area contributed by atoms with Crippen molar-refractivity contribution in [3.05, 3.63) is 58.1 Å². The third-order valence-corrected chi connectivity index (χ3v) is 3.70. The highest BCUT2D eigenvalue weighted by molar-refractivity contribution is 6.32. The first-order valence-electron chi connectivity index (χ1n) is 7.33. The summed E-state index contributed by atoms with van der Waals surface area (Å²) in [6, 6.07) is 11.0. The first-order chi connectivity index (χ1) is 11.0. The van der Waals surface area contributed by atoms with Gasteiger partial charge in [0.15, 0.2) is 0 Å². The van der Waals surface area contributed by atoms with Crippen molar-refractivity contribution >= 4 is 17.5 Å². The molecule has 0 aromatic heterocycles. The predicted octanol–water partition coefficient (Wildman–Crippen LogP) is 3.77. The van der Waals surface area contributed by atoms with Gasteiger partial charge in [0.25, 0.3) is 5.91 Å². The van der Waals surface area contributed by atoms with E-state index in [1.807, 2.05) is 32.0 Å². The van der Waals surface area contributed by atoms with Crippen LogP contribution < -0.4 is 14.8 Å². The Morgan fingerprint density at radius 2 is 1.91 bits per heavy atom. The van der Waals surface area contributed by atoms with Crippen molar-refractivity contribution in [2.24, 2.45) is 0 Å². The van der Waals surface area contributed by atoms with E-state index in [-0.39, 0.29) is 5.91 Å². The smallest absolute Gasteiger partial charge is 0.251 e. The summed E-state index contributed by atoms with van der Waals surface area (Å²) in [7, 11) is 1.53. The van der Waals surface area contributed by atoms with Crippen LogP contribution in [0.2, 0.25) is 5.02 Å². The minimum absolute atomic E-state index is 0.195. The van der Waals surface area contributed by atoms with Gasteiger partial charge in [-0.15, -0.1) is 0 Å². The van der Waals surface area contributed by atoms with E-state index < -0.39 is 0 Å². The maximum Gasteiger partial charge on any atom is 0.251 e. The first-order valence-corrected chi connectivity index (χ1v) is 7.71. The lowest BCUT2D eigenvalue weighted by Gasteiger charge is -2.11. The number of aryl methyl sites for hydroxylation is 2. The highest BCUT2D eigenvalue weighted by atomic mass is 35.5. The number of benzene rings is 2. The number of ether oxygens (including phenoxy) is 2. The molecule has 0 saturated carbocycles. The Morgan fingerprint density at radius 3 is 2.61 bits per heavy atom.